The Hall–Kier alpha value is -2.85. The van der Waals surface area contributed by atoms with Gasteiger partial charge in [0, 0.05) is 22.3 Å². The van der Waals surface area contributed by atoms with E-state index in [4.69, 9.17) is 37.9 Å². The second-order valence-electron chi connectivity index (χ2n) is 15.0. The van der Waals surface area contributed by atoms with Gasteiger partial charge >= 0.3 is 0 Å². The van der Waals surface area contributed by atoms with Gasteiger partial charge in [0.15, 0.2) is 28.8 Å². The first-order valence-electron chi connectivity index (χ1n) is 17.8. The Balaban J connectivity index is 1.30. The summed E-state index contributed by atoms with van der Waals surface area (Å²) in [6, 6.07) is 7.49. The Morgan fingerprint density at radius 1 is 0.521 bits per heavy atom. The lowest BCUT2D eigenvalue weighted by atomic mass is 9.84. The molecule has 0 aliphatic carbocycles. The van der Waals surface area contributed by atoms with E-state index in [0.717, 1.165) is 36.8 Å². The smallest absolute Gasteiger partial charge is 0.193 e. The monoisotopic (exact) mass is 666 g/mol. The zero-order chi connectivity index (χ0) is 34.0. The molecule has 0 N–H and O–H groups in total. The average molecular weight is 667 g/mol. The molecule has 9 nitrogen and oxygen atoms in total. The molecule has 48 heavy (non-hydrogen) atoms. The van der Waals surface area contributed by atoms with Crippen LogP contribution in [0.2, 0.25) is 0 Å². The third-order valence-electron chi connectivity index (χ3n) is 11.6. The van der Waals surface area contributed by atoms with Crippen LogP contribution in [0.5, 0.6) is 23.0 Å². The zero-order valence-electron chi connectivity index (χ0n) is 29.8. The maximum Gasteiger partial charge on any atom is 0.193 e. The molecule has 0 amide bonds. The summed E-state index contributed by atoms with van der Waals surface area (Å²) in [4.78, 5) is 14.4. The van der Waals surface area contributed by atoms with Crippen LogP contribution < -0.4 is 18.9 Å². The number of carbonyl (C=O) groups is 1. The van der Waals surface area contributed by atoms with Crippen LogP contribution in [0.15, 0.2) is 24.3 Å². The van der Waals surface area contributed by atoms with Crippen molar-refractivity contribution in [3.8, 4) is 23.0 Å². The fraction of sp³-hybridized carbons (Fsp3) is 0.667. The second-order valence-corrected chi connectivity index (χ2v) is 15.0. The highest BCUT2D eigenvalue weighted by molar-refractivity contribution is 6.11. The van der Waals surface area contributed by atoms with Crippen LogP contribution in [0.4, 0.5) is 0 Å². The van der Waals surface area contributed by atoms with E-state index in [9.17, 15) is 4.79 Å². The van der Waals surface area contributed by atoms with Crippen LogP contribution >= 0.6 is 0 Å². The van der Waals surface area contributed by atoms with E-state index in [1.807, 2.05) is 38.1 Å². The van der Waals surface area contributed by atoms with Crippen molar-refractivity contribution in [1.29, 1.82) is 0 Å². The van der Waals surface area contributed by atoms with Crippen molar-refractivity contribution in [2.24, 2.45) is 21.7 Å². The SMILES string of the molecule is CCC1(COc2ccc(C(=O)c3ccc(OCC4(CC)COC4)c(OCC4(CC)COC4)c3C)c(C)c2OCC2(CC)COC2)COC1. The Kier molecular flexibility index (Phi) is 10.3. The van der Waals surface area contributed by atoms with Gasteiger partial charge < -0.3 is 37.9 Å². The summed E-state index contributed by atoms with van der Waals surface area (Å²) in [7, 11) is 0. The normalized spacial score (nSPS) is 21.1. The molecule has 9 heteroatoms. The third-order valence-corrected chi connectivity index (χ3v) is 11.6. The average Bonchev–Trinajstić information content (AvgIpc) is 3.01. The van der Waals surface area contributed by atoms with Crippen LogP contribution in [0.1, 0.15) is 80.4 Å². The van der Waals surface area contributed by atoms with Crippen LogP contribution in [0, 0.1) is 35.5 Å². The molecular weight excluding hydrogens is 612 g/mol. The van der Waals surface area contributed by atoms with Crippen molar-refractivity contribution in [3.05, 3.63) is 46.5 Å². The molecule has 0 aromatic heterocycles. The number of benzene rings is 2. The van der Waals surface area contributed by atoms with Gasteiger partial charge in [-0.05, 0) is 63.8 Å². The first-order chi connectivity index (χ1) is 23.1. The number of carbonyl (C=O) groups excluding carboxylic acids is 1. The number of ether oxygens (including phenoxy) is 8. The van der Waals surface area contributed by atoms with Crippen molar-refractivity contribution >= 4 is 5.78 Å². The van der Waals surface area contributed by atoms with Crippen LogP contribution in [-0.2, 0) is 18.9 Å². The molecule has 2 aromatic carbocycles. The van der Waals surface area contributed by atoms with Crippen LogP contribution in [0.3, 0.4) is 0 Å². The zero-order valence-corrected chi connectivity index (χ0v) is 29.8. The summed E-state index contributed by atoms with van der Waals surface area (Å²) in [5.74, 6) is 2.43. The van der Waals surface area contributed by atoms with E-state index in [2.05, 4.69) is 27.7 Å². The van der Waals surface area contributed by atoms with Gasteiger partial charge in [0.05, 0.1) is 101 Å². The quantitative estimate of drug-likeness (QED) is 0.160. The minimum Gasteiger partial charge on any atom is -0.489 e. The van der Waals surface area contributed by atoms with Crippen molar-refractivity contribution in [2.45, 2.75) is 67.2 Å². The molecule has 4 aliphatic rings. The van der Waals surface area contributed by atoms with Gasteiger partial charge in [-0.15, -0.1) is 0 Å². The maximum absolute atomic E-state index is 14.4. The molecule has 4 heterocycles. The summed E-state index contributed by atoms with van der Waals surface area (Å²) < 4.78 is 48.1. The number of ketones is 1. The van der Waals surface area contributed by atoms with E-state index in [-0.39, 0.29) is 27.4 Å². The lowest BCUT2D eigenvalue weighted by Crippen LogP contribution is -2.47. The molecule has 0 unspecified atom stereocenters. The molecule has 0 atom stereocenters. The van der Waals surface area contributed by atoms with E-state index in [0.29, 0.717) is 113 Å². The van der Waals surface area contributed by atoms with Gasteiger partial charge in [0.2, 0.25) is 0 Å². The van der Waals surface area contributed by atoms with Gasteiger partial charge in [-0.3, -0.25) is 4.79 Å². The van der Waals surface area contributed by atoms with E-state index < -0.39 is 0 Å². The molecule has 0 bridgehead atoms. The molecule has 6 rings (SSSR count). The third kappa shape index (κ3) is 6.68. The predicted octanol–water partition coefficient (Wildman–Crippen LogP) is 6.76. The Morgan fingerprint density at radius 2 is 0.812 bits per heavy atom. The van der Waals surface area contributed by atoms with Crippen molar-refractivity contribution in [2.75, 3.05) is 79.3 Å². The maximum atomic E-state index is 14.4. The van der Waals surface area contributed by atoms with Gasteiger partial charge in [-0.25, -0.2) is 0 Å². The van der Waals surface area contributed by atoms with E-state index in [1.54, 1.807) is 0 Å². The first-order valence-corrected chi connectivity index (χ1v) is 17.8. The van der Waals surface area contributed by atoms with E-state index >= 15 is 0 Å². The predicted molar refractivity (Wildman–Crippen MR) is 182 cm³/mol. The summed E-state index contributed by atoms with van der Waals surface area (Å²) in [6.45, 7) is 20.0. The van der Waals surface area contributed by atoms with E-state index in [1.165, 1.54) is 0 Å². The molecule has 4 fully saturated rings. The van der Waals surface area contributed by atoms with Gasteiger partial charge in [0.1, 0.15) is 0 Å². The van der Waals surface area contributed by atoms with Crippen LogP contribution in [-0.4, -0.2) is 85.1 Å². The molecule has 4 aliphatic heterocycles. The molecule has 0 radical (unpaired) electrons. The molecule has 4 saturated heterocycles. The van der Waals surface area contributed by atoms with Crippen molar-refractivity contribution < 1.29 is 42.7 Å². The largest absolute Gasteiger partial charge is 0.489 e. The first kappa shape index (κ1) is 35.0. The minimum atomic E-state index is -0.0954. The number of hydrogen-bond acceptors (Lipinski definition) is 9. The van der Waals surface area contributed by atoms with Gasteiger partial charge in [-0.1, -0.05) is 27.7 Å². The lowest BCUT2D eigenvalue weighted by Gasteiger charge is -2.41. The highest BCUT2D eigenvalue weighted by atomic mass is 16.6. The fourth-order valence-electron chi connectivity index (χ4n) is 6.59. The highest BCUT2D eigenvalue weighted by Gasteiger charge is 2.41. The summed E-state index contributed by atoms with van der Waals surface area (Å²) in [6.07, 6.45) is 3.84. The number of hydrogen-bond donors (Lipinski definition) is 0. The Labute approximate surface area is 285 Å². The summed E-state index contributed by atoms with van der Waals surface area (Å²) in [5, 5.41) is 0. The fourth-order valence-corrected chi connectivity index (χ4v) is 6.59. The van der Waals surface area contributed by atoms with Crippen molar-refractivity contribution in [3.63, 3.8) is 0 Å². The lowest BCUT2D eigenvalue weighted by molar-refractivity contribution is -0.136. The molecule has 0 spiro atoms. The summed E-state index contributed by atoms with van der Waals surface area (Å²) >= 11 is 0. The van der Waals surface area contributed by atoms with Crippen molar-refractivity contribution in [1.82, 2.24) is 0 Å². The standard InChI is InChI=1S/C39H54O9/c1-7-36(15-41-16-36)23-45-31-13-11-29(27(5)34(31)47-25-38(9-3)19-43-20-38)33(40)30-12-14-32(46-24-37(8-2)17-42-18-37)35(28(30)6)48-26-39(10-4)21-44-22-39/h11-14H,7-10,15-26H2,1-6H3. The minimum absolute atomic E-state index is 0.00778. The van der Waals surface area contributed by atoms with Gasteiger partial charge in [0.25, 0.3) is 0 Å². The van der Waals surface area contributed by atoms with Gasteiger partial charge in [-0.2, -0.15) is 0 Å². The Morgan fingerprint density at radius 3 is 1.06 bits per heavy atom. The second kappa shape index (κ2) is 14.2. The summed E-state index contributed by atoms with van der Waals surface area (Å²) in [5.41, 5.74) is 2.61. The molecular formula is C39H54O9. The van der Waals surface area contributed by atoms with Crippen LogP contribution in [0.25, 0.3) is 0 Å². The number of rotatable bonds is 18. The molecule has 0 saturated carbocycles. The molecule has 2 aromatic rings. The molecule has 264 valence electrons. The Bertz CT molecular complexity index is 1320. The topological polar surface area (TPSA) is 90.9 Å². The highest BCUT2D eigenvalue weighted by Crippen LogP contribution is 2.43.